The van der Waals surface area contributed by atoms with Gasteiger partial charge in [0.05, 0.1) is 6.10 Å². The Labute approximate surface area is 206 Å². The molecule has 2 aliphatic carbocycles. The number of amides is 1. The van der Waals surface area contributed by atoms with Crippen LogP contribution in [-0.2, 0) is 22.4 Å². The van der Waals surface area contributed by atoms with Crippen LogP contribution in [-0.4, -0.2) is 47.3 Å². The van der Waals surface area contributed by atoms with E-state index in [9.17, 15) is 14.7 Å². The number of carbonyl (C=O) groups excluding carboxylic acids is 1. The van der Waals surface area contributed by atoms with E-state index in [1.165, 1.54) is 12.0 Å². The number of aromatic nitrogens is 1. The van der Waals surface area contributed by atoms with Gasteiger partial charge >= 0.3 is 5.97 Å². The Hall–Kier alpha value is -2.93. The summed E-state index contributed by atoms with van der Waals surface area (Å²) >= 11 is 0. The number of aryl methyl sites for hydroxylation is 2. The highest BCUT2D eigenvalue weighted by molar-refractivity contribution is 5.96. The number of carbonyl (C=O) groups is 2. The van der Waals surface area contributed by atoms with E-state index in [-0.39, 0.29) is 18.4 Å². The van der Waals surface area contributed by atoms with Gasteiger partial charge < -0.3 is 20.5 Å². The van der Waals surface area contributed by atoms with Gasteiger partial charge in [0.1, 0.15) is 11.9 Å². The van der Waals surface area contributed by atoms with E-state index in [2.05, 4.69) is 22.8 Å². The van der Waals surface area contributed by atoms with Crippen LogP contribution in [0.25, 0.3) is 0 Å². The van der Waals surface area contributed by atoms with Crippen molar-refractivity contribution in [2.24, 2.45) is 5.92 Å². The zero-order valence-corrected chi connectivity index (χ0v) is 20.2. The maximum atomic E-state index is 12.6. The molecule has 5 rings (SSSR count). The van der Waals surface area contributed by atoms with Crippen molar-refractivity contribution in [3.05, 3.63) is 58.8 Å². The normalized spacial score (nSPS) is 21.8. The van der Waals surface area contributed by atoms with Gasteiger partial charge in [-0.2, -0.15) is 0 Å². The van der Waals surface area contributed by atoms with Gasteiger partial charge in [-0.3, -0.25) is 4.79 Å². The molecule has 186 valence electrons. The van der Waals surface area contributed by atoms with Crippen LogP contribution in [0.5, 0.6) is 0 Å². The van der Waals surface area contributed by atoms with Gasteiger partial charge in [0.2, 0.25) is 0 Å². The molecular weight excluding hydrogens is 442 g/mol. The Morgan fingerprint density at radius 2 is 2.06 bits per heavy atom. The fraction of sp³-hybridized carbons (Fsp3) is 0.536. The Balaban J connectivity index is 1.01. The monoisotopic (exact) mass is 477 g/mol. The SMILES string of the molecule is O=C(NC(CCOC1CC(CCc2ccc3c(n2)NCCC3)C1)C(=O)O)c1cccc(C2CC2)c1. The zero-order valence-electron chi connectivity index (χ0n) is 20.2. The van der Waals surface area contributed by atoms with Crippen LogP contribution in [0.2, 0.25) is 0 Å². The Bertz CT molecular complexity index is 1060. The molecule has 3 N–H and O–H groups in total. The summed E-state index contributed by atoms with van der Waals surface area (Å²) < 4.78 is 5.92. The number of carboxylic acids is 1. The minimum absolute atomic E-state index is 0.179. The summed E-state index contributed by atoms with van der Waals surface area (Å²) in [6.07, 6.45) is 9.11. The molecule has 2 fully saturated rings. The molecule has 35 heavy (non-hydrogen) atoms. The van der Waals surface area contributed by atoms with Gasteiger partial charge in [0, 0.05) is 30.8 Å². The summed E-state index contributed by atoms with van der Waals surface area (Å²) in [6.45, 7) is 1.33. The quantitative estimate of drug-likeness (QED) is 0.446. The van der Waals surface area contributed by atoms with Gasteiger partial charge in [-0.25, -0.2) is 9.78 Å². The number of fused-ring (bicyclic) bond motifs is 1. The Morgan fingerprint density at radius 1 is 1.20 bits per heavy atom. The van der Waals surface area contributed by atoms with Crippen LogP contribution in [0.4, 0.5) is 5.82 Å². The molecule has 2 saturated carbocycles. The summed E-state index contributed by atoms with van der Waals surface area (Å²) in [5.41, 5.74) is 4.14. The number of pyridine rings is 1. The second kappa shape index (κ2) is 10.8. The van der Waals surface area contributed by atoms with Crippen molar-refractivity contribution in [1.29, 1.82) is 0 Å². The zero-order chi connectivity index (χ0) is 24.2. The summed E-state index contributed by atoms with van der Waals surface area (Å²) in [5.74, 6) is 0.858. The first kappa shape index (κ1) is 23.8. The summed E-state index contributed by atoms with van der Waals surface area (Å²) in [6, 6.07) is 10.9. The van der Waals surface area contributed by atoms with Gasteiger partial charge in [0.15, 0.2) is 0 Å². The Kier molecular flexibility index (Phi) is 7.32. The number of carboxylic acid groups (broad SMARTS) is 1. The van der Waals surface area contributed by atoms with Crippen LogP contribution in [0.15, 0.2) is 36.4 Å². The molecule has 0 saturated heterocycles. The predicted octanol–water partition coefficient (Wildman–Crippen LogP) is 4.32. The van der Waals surface area contributed by atoms with E-state index in [1.807, 2.05) is 18.2 Å². The highest BCUT2D eigenvalue weighted by atomic mass is 16.5. The molecule has 1 amide bonds. The third-order valence-corrected chi connectivity index (χ3v) is 7.51. The van der Waals surface area contributed by atoms with E-state index in [4.69, 9.17) is 9.72 Å². The van der Waals surface area contributed by atoms with Crippen molar-refractivity contribution in [3.8, 4) is 0 Å². The van der Waals surface area contributed by atoms with Crippen molar-refractivity contribution in [1.82, 2.24) is 10.3 Å². The van der Waals surface area contributed by atoms with Crippen LogP contribution in [0.1, 0.15) is 78.0 Å². The molecule has 1 aromatic heterocycles. The first-order valence-electron chi connectivity index (χ1n) is 13.0. The summed E-state index contributed by atoms with van der Waals surface area (Å²) in [7, 11) is 0. The Morgan fingerprint density at radius 3 is 2.86 bits per heavy atom. The van der Waals surface area contributed by atoms with E-state index in [0.717, 1.165) is 68.6 Å². The van der Waals surface area contributed by atoms with Gasteiger partial charge in [-0.05, 0) is 92.5 Å². The number of aliphatic carboxylic acids is 1. The number of benzene rings is 1. The standard InChI is InChI=1S/C28H35N3O4/c32-27(22-4-1-3-21(17-22)19-7-8-19)31-25(28(33)34)12-14-35-24-15-18(16-24)6-10-23-11-9-20-5-2-13-29-26(20)30-23/h1,3-4,9,11,17-19,24-25H,2,5-8,10,12-16H2,(H,29,30)(H,31,32)(H,33,34). The molecule has 1 unspecified atom stereocenters. The van der Waals surface area contributed by atoms with Crippen molar-refractivity contribution in [2.45, 2.75) is 75.9 Å². The molecule has 7 nitrogen and oxygen atoms in total. The van der Waals surface area contributed by atoms with E-state index in [1.54, 1.807) is 6.07 Å². The van der Waals surface area contributed by atoms with Gasteiger partial charge in [0.25, 0.3) is 5.91 Å². The third-order valence-electron chi connectivity index (χ3n) is 7.51. The molecule has 0 bridgehead atoms. The predicted molar refractivity (Wildman–Crippen MR) is 134 cm³/mol. The summed E-state index contributed by atoms with van der Waals surface area (Å²) in [5, 5.41) is 15.6. The molecule has 1 aromatic carbocycles. The molecule has 3 aliphatic rings. The lowest BCUT2D eigenvalue weighted by molar-refractivity contribution is -0.140. The van der Waals surface area contributed by atoms with E-state index in [0.29, 0.717) is 24.0 Å². The fourth-order valence-electron chi connectivity index (χ4n) is 5.11. The number of hydrogen-bond acceptors (Lipinski definition) is 5. The molecular formula is C28H35N3O4. The number of nitrogens with zero attached hydrogens (tertiary/aromatic N) is 1. The number of ether oxygens (including phenoxy) is 1. The van der Waals surface area contributed by atoms with Crippen molar-refractivity contribution in [2.75, 3.05) is 18.5 Å². The first-order valence-corrected chi connectivity index (χ1v) is 13.0. The highest BCUT2D eigenvalue weighted by Gasteiger charge is 2.30. The molecule has 0 spiro atoms. The maximum Gasteiger partial charge on any atom is 0.326 e. The van der Waals surface area contributed by atoms with Gasteiger partial charge in [-0.1, -0.05) is 18.2 Å². The minimum atomic E-state index is -1.03. The minimum Gasteiger partial charge on any atom is -0.480 e. The largest absolute Gasteiger partial charge is 0.480 e. The van der Waals surface area contributed by atoms with Crippen molar-refractivity contribution >= 4 is 17.7 Å². The average molecular weight is 478 g/mol. The lowest BCUT2D eigenvalue weighted by atomic mass is 9.79. The number of rotatable bonds is 11. The topological polar surface area (TPSA) is 101 Å². The first-order chi connectivity index (χ1) is 17.0. The van der Waals surface area contributed by atoms with E-state index >= 15 is 0 Å². The van der Waals surface area contributed by atoms with Gasteiger partial charge in [-0.15, -0.1) is 0 Å². The average Bonchev–Trinajstić information content (AvgIpc) is 3.69. The second-order valence-corrected chi connectivity index (χ2v) is 10.3. The summed E-state index contributed by atoms with van der Waals surface area (Å²) in [4.78, 5) is 29.1. The van der Waals surface area contributed by atoms with Crippen LogP contribution in [0, 0.1) is 5.92 Å². The molecule has 2 aromatic rings. The molecule has 2 heterocycles. The maximum absolute atomic E-state index is 12.6. The van der Waals surface area contributed by atoms with Crippen molar-refractivity contribution in [3.63, 3.8) is 0 Å². The van der Waals surface area contributed by atoms with Crippen LogP contribution >= 0.6 is 0 Å². The fourth-order valence-corrected chi connectivity index (χ4v) is 5.11. The molecule has 1 atom stereocenters. The second-order valence-electron chi connectivity index (χ2n) is 10.3. The number of hydrogen-bond donors (Lipinski definition) is 3. The number of nitrogens with one attached hydrogen (secondary N) is 2. The third kappa shape index (κ3) is 6.20. The van der Waals surface area contributed by atoms with Crippen molar-refractivity contribution < 1.29 is 19.4 Å². The smallest absolute Gasteiger partial charge is 0.326 e. The molecule has 1 aliphatic heterocycles. The highest BCUT2D eigenvalue weighted by Crippen LogP contribution is 2.40. The lowest BCUT2D eigenvalue weighted by Gasteiger charge is -2.35. The molecule has 7 heteroatoms. The lowest BCUT2D eigenvalue weighted by Crippen LogP contribution is -2.42. The number of anilines is 1. The molecule has 0 radical (unpaired) electrons. The van der Waals surface area contributed by atoms with Crippen LogP contribution in [0.3, 0.4) is 0 Å². The van der Waals surface area contributed by atoms with E-state index < -0.39 is 12.0 Å². The van der Waals surface area contributed by atoms with Crippen LogP contribution < -0.4 is 10.6 Å².